The highest BCUT2D eigenvalue weighted by atomic mass is 127. The van der Waals surface area contributed by atoms with Crippen LogP contribution < -0.4 is 20.1 Å². The number of nitrogens with one attached hydrogen (secondary N) is 2. The van der Waals surface area contributed by atoms with Gasteiger partial charge in [0.2, 0.25) is 0 Å². The van der Waals surface area contributed by atoms with Crippen molar-refractivity contribution in [1.29, 1.82) is 0 Å². The van der Waals surface area contributed by atoms with Crippen molar-refractivity contribution in [1.82, 2.24) is 10.6 Å². The van der Waals surface area contributed by atoms with Gasteiger partial charge in [0.25, 0.3) is 0 Å². The molecule has 7 nitrogen and oxygen atoms in total. The molecule has 28 heavy (non-hydrogen) atoms. The zero-order chi connectivity index (χ0) is 19.3. The first-order valence-electron chi connectivity index (χ1n) is 9.57. The van der Waals surface area contributed by atoms with Crippen LogP contribution in [0.15, 0.2) is 23.2 Å². The maximum atomic E-state index is 5.71. The van der Waals surface area contributed by atoms with E-state index in [9.17, 15) is 0 Å². The monoisotopic (exact) mass is 507 g/mol. The van der Waals surface area contributed by atoms with Gasteiger partial charge < -0.3 is 29.6 Å². The first-order valence-corrected chi connectivity index (χ1v) is 9.57. The van der Waals surface area contributed by atoms with E-state index in [2.05, 4.69) is 15.6 Å². The fourth-order valence-corrected chi connectivity index (χ4v) is 2.96. The van der Waals surface area contributed by atoms with Crippen molar-refractivity contribution in [3.8, 4) is 11.5 Å². The van der Waals surface area contributed by atoms with Crippen molar-refractivity contribution in [2.24, 2.45) is 10.9 Å². The number of hydrogen-bond acceptors (Lipinski definition) is 5. The molecule has 1 heterocycles. The minimum Gasteiger partial charge on any atom is -0.497 e. The highest BCUT2D eigenvalue weighted by Gasteiger charge is 2.15. The van der Waals surface area contributed by atoms with Gasteiger partial charge in [-0.15, -0.1) is 24.0 Å². The molecule has 0 radical (unpaired) electrons. The van der Waals surface area contributed by atoms with Gasteiger partial charge in [-0.2, -0.15) is 0 Å². The summed E-state index contributed by atoms with van der Waals surface area (Å²) >= 11 is 0. The topological polar surface area (TPSA) is 73.3 Å². The molecular weight excluding hydrogens is 473 g/mol. The molecule has 0 amide bonds. The Balaban J connectivity index is 0.00000392. The molecule has 8 heteroatoms. The molecule has 1 saturated heterocycles. The van der Waals surface area contributed by atoms with Gasteiger partial charge in [-0.25, -0.2) is 0 Å². The third-order valence-electron chi connectivity index (χ3n) is 4.53. The molecule has 1 fully saturated rings. The van der Waals surface area contributed by atoms with Crippen LogP contribution in [0, 0.1) is 5.92 Å². The molecular formula is C20H34IN3O4. The molecule has 2 rings (SSSR count). The van der Waals surface area contributed by atoms with Gasteiger partial charge >= 0.3 is 0 Å². The van der Waals surface area contributed by atoms with Gasteiger partial charge in [0, 0.05) is 39.3 Å². The summed E-state index contributed by atoms with van der Waals surface area (Å²) in [5.74, 6) is 3.06. The van der Waals surface area contributed by atoms with E-state index in [-0.39, 0.29) is 24.0 Å². The van der Waals surface area contributed by atoms with Crippen LogP contribution in [0.4, 0.5) is 0 Å². The summed E-state index contributed by atoms with van der Waals surface area (Å²) in [6.45, 7) is 4.84. The third kappa shape index (κ3) is 8.83. The largest absolute Gasteiger partial charge is 0.497 e. The van der Waals surface area contributed by atoms with Gasteiger partial charge in [0.05, 0.1) is 27.4 Å². The van der Waals surface area contributed by atoms with Crippen molar-refractivity contribution >= 4 is 29.9 Å². The van der Waals surface area contributed by atoms with Crippen LogP contribution in [0.5, 0.6) is 11.5 Å². The molecule has 1 aromatic rings. The highest BCUT2D eigenvalue weighted by Crippen LogP contribution is 2.24. The molecule has 0 spiro atoms. The van der Waals surface area contributed by atoms with Gasteiger partial charge in [0.1, 0.15) is 11.5 Å². The first kappa shape index (κ1) is 24.8. The Kier molecular flexibility index (Phi) is 13.0. The van der Waals surface area contributed by atoms with E-state index in [4.69, 9.17) is 18.9 Å². The number of benzene rings is 1. The Bertz CT molecular complexity index is 581. The fraction of sp³-hybridized carbons (Fsp3) is 0.650. The SMILES string of the molecule is CN=C(NCCCOCC1CCOC1)NCCc1cc(OC)ccc1OC.I. The average Bonchev–Trinajstić information content (AvgIpc) is 3.22. The standard InChI is InChI=1S/C20H33N3O4.HI/c1-21-20(22-9-4-11-26-14-16-8-12-27-15-16)23-10-7-17-13-18(24-2)5-6-19(17)25-3;/h5-6,13,16H,4,7-12,14-15H2,1-3H3,(H2,21,22,23);1H. The number of hydrogen-bond donors (Lipinski definition) is 2. The smallest absolute Gasteiger partial charge is 0.190 e. The molecule has 1 aromatic carbocycles. The second kappa shape index (κ2) is 14.7. The molecule has 0 aromatic heterocycles. The number of ether oxygens (including phenoxy) is 4. The molecule has 0 bridgehead atoms. The Hall–Kier alpha value is -1.26. The van der Waals surface area contributed by atoms with E-state index in [0.717, 1.165) is 81.8 Å². The van der Waals surface area contributed by atoms with E-state index < -0.39 is 0 Å². The highest BCUT2D eigenvalue weighted by molar-refractivity contribution is 14.0. The maximum Gasteiger partial charge on any atom is 0.190 e. The maximum absolute atomic E-state index is 5.71. The second-order valence-electron chi connectivity index (χ2n) is 6.51. The van der Waals surface area contributed by atoms with Crippen LogP contribution in [0.25, 0.3) is 0 Å². The summed E-state index contributed by atoms with van der Waals surface area (Å²) in [7, 11) is 5.12. The molecule has 2 N–H and O–H groups in total. The Labute approximate surface area is 185 Å². The number of nitrogens with zero attached hydrogens (tertiary/aromatic N) is 1. The van der Waals surface area contributed by atoms with Gasteiger partial charge in [-0.05, 0) is 43.0 Å². The summed E-state index contributed by atoms with van der Waals surface area (Å²) in [5.41, 5.74) is 1.10. The fourth-order valence-electron chi connectivity index (χ4n) is 2.96. The van der Waals surface area contributed by atoms with E-state index in [1.807, 2.05) is 18.2 Å². The summed E-state index contributed by atoms with van der Waals surface area (Å²) in [4.78, 5) is 4.26. The van der Waals surface area contributed by atoms with E-state index in [0.29, 0.717) is 5.92 Å². The zero-order valence-electron chi connectivity index (χ0n) is 17.2. The van der Waals surface area contributed by atoms with Gasteiger partial charge in [-0.1, -0.05) is 0 Å². The Morgan fingerprint density at radius 3 is 2.71 bits per heavy atom. The lowest BCUT2D eigenvalue weighted by Gasteiger charge is -2.14. The van der Waals surface area contributed by atoms with Crippen LogP contribution >= 0.6 is 24.0 Å². The Morgan fingerprint density at radius 2 is 2.04 bits per heavy atom. The molecule has 0 aliphatic carbocycles. The lowest BCUT2D eigenvalue weighted by atomic mass is 10.1. The molecule has 0 saturated carbocycles. The van der Waals surface area contributed by atoms with Crippen molar-refractivity contribution in [2.75, 3.05) is 60.8 Å². The average molecular weight is 507 g/mol. The summed E-state index contributed by atoms with van der Waals surface area (Å²) in [5, 5.41) is 6.64. The van der Waals surface area contributed by atoms with E-state index in [1.165, 1.54) is 0 Å². The van der Waals surface area contributed by atoms with Crippen LogP contribution in [-0.4, -0.2) is 66.7 Å². The summed E-state index contributed by atoms with van der Waals surface area (Å²) in [6, 6.07) is 5.83. The number of rotatable bonds is 11. The van der Waals surface area contributed by atoms with Gasteiger partial charge in [-0.3, -0.25) is 4.99 Å². The van der Waals surface area contributed by atoms with Crippen LogP contribution in [-0.2, 0) is 15.9 Å². The number of halogens is 1. The Morgan fingerprint density at radius 1 is 1.21 bits per heavy atom. The lowest BCUT2D eigenvalue weighted by Crippen LogP contribution is -2.39. The number of methoxy groups -OCH3 is 2. The van der Waals surface area contributed by atoms with Crippen LogP contribution in [0.2, 0.25) is 0 Å². The molecule has 1 atom stereocenters. The summed E-state index contributed by atoms with van der Waals surface area (Å²) in [6.07, 6.45) is 2.87. The van der Waals surface area contributed by atoms with Crippen molar-refractivity contribution in [3.63, 3.8) is 0 Å². The number of aliphatic imine (C=N–C) groups is 1. The quantitative estimate of drug-likeness (QED) is 0.208. The molecule has 1 unspecified atom stereocenters. The van der Waals surface area contributed by atoms with Crippen molar-refractivity contribution in [3.05, 3.63) is 23.8 Å². The van der Waals surface area contributed by atoms with Crippen molar-refractivity contribution < 1.29 is 18.9 Å². The molecule has 160 valence electrons. The van der Waals surface area contributed by atoms with Crippen molar-refractivity contribution in [2.45, 2.75) is 19.3 Å². The zero-order valence-corrected chi connectivity index (χ0v) is 19.5. The van der Waals surface area contributed by atoms with Gasteiger partial charge in [0.15, 0.2) is 5.96 Å². The van der Waals surface area contributed by atoms with E-state index in [1.54, 1.807) is 21.3 Å². The normalized spacial score (nSPS) is 16.4. The molecule has 1 aliphatic heterocycles. The predicted molar refractivity (Wildman–Crippen MR) is 122 cm³/mol. The minimum absolute atomic E-state index is 0. The number of guanidine groups is 1. The van der Waals surface area contributed by atoms with E-state index >= 15 is 0 Å². The lowest BCUT2D eigenvalue weighted by molar-refractivity contribution is 0.0888. The first-order chi connectivity index (χ1) is 13.3. The minimum atomic E-state index is 0. The van der Waals surface area contributed by atoms with Crippen LogP contribution in [0.3, 0.4) is 0 Å². The predicted octanol–water partition coefficient (Wildman–Crippen LogP) is 2.47. The summed E-state index contributed by atoms with van der Waals surface area (Å²) < 4.78 is 21.8. The second-order valence-corrected chi connectivity index (χ2v) is 6.51. The third-order valence-corrected chi connectivity index (χ3v) is 4.53. The van der Waals surface area contributed by atoms with Crippen LogP contribution in [0.1, 0.15) is 18.4 Å². The molecule has 1 aliphatic rings.